The first kappa shape index (κ1) is 35.5. The number of hydrogen-bond donors (Lipinski definition) is 1. The number of rotatable bonds is 15. The summed E-state index contributed by atoms with van der Waals surface area (Å²) in [4.78, 5) is 28.8. The highest BCUT2D eigenvalue weighted by molar-refractivity contribution is 8.00. The molecule has 4 aromatic rings. The van der Waals surface area contributed by atoms with Crippen molar-refractivity contribution in [3.8, 4) is 17.2 Å². The maximum Gasteiger partial charge on any atom is 0.301 e. The Bertz CT molecular complexity index is 1800. The molecule has 1 N–H and O–H groups in total. The highest BCUT2D eigenvalue weighted by Crippen LogP contribution is 2.46. The molecule has 48 heavy (non-hydrogen) atoms. The number of aliphatic hydroxyl groups excluding tert-OH is 1. The van der Waals surface area contributed by atoms with Crippen molar-refractivity contribution < 1.29 is 28.9 Å². The van der Waals surface area contributed by atoms with E-state index in [2.05, 4.69) is 17.1 Å². The van der Waals surface area contributed by atoms with Crippen LogP contribution in [0.5, 0.6) is 17.2 Å². The minimum atomic E-state index is -1.03. The van der Waals surface area contributed by atoms with Crippen molar-refractivity contribution >= 4 is 68.9 Å². The summed E-state index contributed by atoms with van der Waals surface area (Å²) < 4.78 is 18.2. The number of benzene rings is 3. The van der Waals surface area contributed by atoms with Crippen LogP contribution in [0.15, 0.2) is 70.6 Å². The molecule has 1 amide bonds. The number of carbonyl (C=O) groups excluding carboxylic acids is 2. The molecular formula is C35H35Cl2N3O6S2. The highest BCUT2D eigenvalue weighted by Gasteiger charge is 2.48. The van der Waals surface area contributed by atoms with Gasteiger partial charge in [0.05, 0.1) is 31.4 Å². The van der Waals surface area contributed by atoms with Gasteiger partial charge in [-0.15, -0.1) is 10.2 Å². The van der Waals surface area contributed by atoms with E-state index < -0.39 is 17.7 Å². The fourth-order valence-corrected chi connectivity index (χ4v) is 7.40. The summed E-state index contributed by atoms with van der Waals surface area (Å²) >= 11 is 15.0. The second kappa shape index (κ2) is 16.6. The van der Waals surface area contributed by atoms with Gasteiger partial charge in [-0.1, -0.05) is 78.7 Å². The van der Waals surface area contributed by atoms with E-state index >= 15 is 0 Å². The number of Topliss-reactive ketones (excluding diaryl/α,β-unsaturated/α-hetero) is 1. The van der Waals surface area contributed by atoms with Gasteiger partial charge in [-0.25, -0.2) is 0 Å². The van der Waals surface area contributed by atoms with Crippen molar-refractivity contribution in [2.75, 3.05) is 24.7 Å². The van der Waals surface area contributed by atoms with E-state index in [1.807, 2.05) is 19.9 Å². The molecule has 252 valence electrons. The number of unbranched alkanes of at least 4 members (excludes halogenated alkanes) is 1. The average Bonchev–Trinajstić information content (AvgIpc) is 3.65. The van der Waals surface area contributed by atoms with Crippen molar-refractivity contribution in [2.24, 2.45) is 0 Å². The van der Waals surface area contributed by atoms with Crippen molar-refractivity contribution in [3.05, 3.63) is 93.0 Å². The second-order valence-electron chi connectivity index (χ2n) is 10.8. The summed E-state index contributed by atoms with van der Waals surface area (Å²) in [6.45, 7) is 7.38. The van der Waals surface area contributed by atoms with Crippen molar-refractivity contribution in [1.29, 1.82) is 0 Å². The smallest absolute Gasteiger partial charge is 0.301 e. The number of nitrogens with zero attached hydrogens (tertiary/aromatic N) is 3. The van der Waals surface area contributed by atoms with E-state index in [0.29, 0.717) is 68.3 Å². The molecule has 13 heteroatoms. The Balaban J connectivity index is 1.55. The number of ketones is 1. The van der Waals surface area contributed by atoms with Crippen LogP contribution in [0.4, 0.5) is 5.13 Å². The van der Waals surface area contributed by atoms with Gasteiger partial charge in [0.2, 0.25) is 5.13 Å². The van der Waals surface area contributed by atoms with Crippen LogP contribution in [0.25, 0.3) is 5.76 Å². The van der Waals surface area contributed by atoms with Crippen LogP contribution < -0.4 is 19.1 Å². The standard InChI is InChI=1S/C35H35Cl2N3O6S2/c1-4-7-17-46-27-15-11-22(18-28(27)44-6-3)30-29(31(41)21-9-13-25(14-10-21)45-16-5-2)32(42)33(43)40(30)34-38-39-35(48-34)47-20-23-8-12-24(36)19-26(23)37/h8-15,18-19,30,41H,4-7,16-17,20H2,1-3H3. The lowest BCUT2D eigenvalue weighted by molar-refractivity contribution is -0.132. The van der Waals surface area contributed by atoms with Crippen LogP contribution in [-0.4, -0.2) is 46.8 Å². The van der Waals surface area contributed by atoms with Gasteiger partial charge >= 0.3 is 5.91 Å². The zero-order valence-electron chi connectivity index (χ0n) is 26.7. The molecule has 0 bridgehead atoms. The molecular weight excluding hydrogens is 693 g/mol. The number of hydrogen-bond acceptors (Lipinski definition) is 10. The van der Waals surface area contributed by atoms with Gasteiger partial charge in [-0.2, -0.15) is 0 Å². The average molecular weight is 729 g/mol. The van der Waals surface area contributed by atoms with Gasteiger partial charge in [0, 0.05) is 21.4 Å². The molecule has 2 heterocycles. The molecule has 0 spiro atoms. The van der Waals surface area contributed by atoms with E-state index in [-0.39, 0.29) is 16.5 Å². The number of halogens is 2. The molecule has 0 aliphatic carbocycles. The lowest BCUT2D eigenvalue weighted by Crippen LogP contribution is -2.29. The zero-order chi connectivity index (χ0) is 34.2. The van der Waals surface area contributed by atoms with Crippen LogP contribution in [0.2, 0.25) is 10.0 Å². The van der Waals surface area contributed by atoms with Gasteiger partial charge in [0.15, 0.2) is 15.8 Å². The number of aliphatic hydroxyl groups is 1. The summed E-state index contributed by atoms with van der Waals surface area (Å²) in [5.41, 5.74) is 1.67. The molecule has 1 aliphatic rings. The van der Waals surface area contributed by atoms with Gasteiger partial charge in [-0.3, -0.25) is 14.5 Å². The predicted molar refractivity (Wildman–Crippen MR) is 191 cm³/mol. The Morgan fingerprint density at radius 3 is 2.42 bits per heavy atom. The summed E-state index contributed by atoms with van der Waals surface area (Å²) in [5, 5.41) is 21.5. The monoisotopic (exact) mass is 727 g/mol. The normalized spacial score (nSPS) is 15.6. The SMILES string of the molecule is CCCCOc1ccc(C2C(=C(O)c3ccc(OCCC)cc3)C(=O)C(=O)N2c2nnc(SCc3ccc(Cl)cc3Cl)s2)cc1OCC. The van der Waals surface area contributed by atoms with Gasteiger partial charge in [0.1, 0.15) is 11.5 Å². The summed E-state index contributed by atoms with van der Waals surface area (Å²) in [5.74, 6) is 0.125. The Morgan fingerprint density at radius 1 is 0.917 bits per heavy atom. The Morgan fingerprint density at radius 2 is 1.71 bits per heavy atom. The lowest BCUT2D eigenvalue weighted by Gasteiger charge is -2.23. The minimum absolute atomic E-state index is 0.0818. The van der Waals surface area contributed by atoms with Crippen molar-refractivity contribution in [2.45, 2.75) is 56.2 Å². The first-order valence-corrected chi connectivity index (χ1v) is 18.1. The quantitative estimate of drug-likeness (QED) is 0.0320. The third-order valence-corrected chi connectivity index (χ3v) is 10.0. The number of anilines is 1. The molecule has 1 fully saturated rings. The van der Waals surface area contributed by atoms with Crippen molar-refractivity contribution in [1.82, 2.24) is 10.2 Å². The van der Waals surface area contributed by atoms with Crippen molar-refractivity contribution in [3.63, 3.8) is 0 Å². The topological polar surface area (TPSA) is 111 Å². The summed E-state index contributed by atoms with van der Waals surface area (Å²) in [6.07, 6.45) is 2.69. The first-order chi connectivity index (χ1) is 23.2. The fourth-order valence-electron chi connectivity index (χ4n) is 4.97. The maximum atomic E-state index is 13.8. The maximum absolute atomic E-state index is 13.8. The number of amides is 1. The van der Waals surface area contributed by atoms with Crippen LogP contribution in [0.1, 0.15) is 62.8 Å². The van der Waals surface area contributed by atoms with E-state index in [0.717, 1.165) is 36.2 Å². The van der Waals surface area contributed by atoms with E-state index in [1.54, 1.807) is 54.6 Å². The summed E-state index contributed by atoms with van der Waals surface area (Å²) in [6, 6.07) is 16.2. The molecule has 0 radical (unpaired) electrons. The molecule has 0 saturated carbocycles. The van der Waals surface area contributed by atoms with E-state index in [9.17, 15) is 14.7 Å². The first-order valence-electron chi connectivity index (χ1n) is 15.6. The summed E-state index contributed by atoms with van der Waals surface area (Å²) in [7, 11) is 0. The molecule has 1 atom stereocenters. The largest absolute Gasteiger partial charge is 0.507 e. The number of ether oxygens (including phenoxy) is 3. The zero-order valence-corrected chi connectivity index (χ0v) is 29.8. The molecule has 3 aromatic carbocycles. The Hall–Kier alpha value is -3.77. The second-order valence-corrected chi connectivity index (χ2v) is 13.8. The molecule has 9 nitrogen and oxygen atoms in total. The van der Waals surface area contributed by atoms with Crippen LogP contribution in [0.3, 0.4) is 0 Å². The minimum Gasteiger partial charge on any atom is -0.507 e. The van der Waals surface area contributed by atoms with E-state index in [4.69, 9.17) is 37.4 Å². The van der Waals surface area contributed by atoms with Gasteiger partial charge in [0.25, 0.3) is 5.78 Å². The molecule has 1 saturated heterocycles. The Labute approximate surface area is 297 Å². The third kappa shape index (κ3) is 8.08. The fraction of sp³-hybridized carbons (Fsp3) is 0.314. The van der Waals surface area contributed by atoms with Crippen LogP contribution >= 0.6 is 46.3 Å². The van der Waals surface area contributed by atoms with Gasteiger partial charge in [-0.05, 0) is 79.4 Å². The molecule has 1 unspecified atom stereocenters. The number of aromatic nitrogens is 2. The number of thioether (sulfide) groups is 1. The molecule has 5 rings (SSSR count). The van der Waals surface area contributed by atoms with Gasteiger partial charge < -0.3 is 19.3 Å². The molecule has 1 aliphatic heterocycles. The molecule has 1 aromatic heterocycles. The van der Waals surface area contributed by atoms with Crippen LogP contribution in [-0.2, 0) is 15.3 Å². The van der Waals surface area contributed by atoms with E-state index in [1.165, 1.54) is 16.7 Å². The third-order valence-electron chi connectivity index (χ3n) is 7.35. The lowest BCUT2D eigenvalue weighted by atomic mass is 9.95. The van der Waals surface area contributed by atoms with Crippen LogP contribution in [0, 0.1) is 0 Å². The Kier molecular flexibility index (Phi) is 12.3. The number of carbonyl (C=O) groups is 2. The predicted octanol–water partition coefficient (Wildman–Crippen LogP) is 9.13. The highest BCUT2D eigenvalue weighted by atomic mass is 35.5.